The van der Waals surface area contributed by atoms with Gasteiger partial charge in [0.25, 0.3) is 0 Å². The van der Waals surface area contributed by atoms with Crippen LogP contribution in [0.15, 0.2) is 42.5 Å². The van der Waals surface area contributed by atoms with Crippen LogP contribution < -0.4 is 9.47 Å². The Hall–Kier alpha value is -2.49. The van der Waals surface area contributed by atoms with Crippen molar-refractivity contribution in [2.45, 2.75) is 19.4 Å². The van der Waals surface area contributed by atoms with Gasteiger partial charge >= 0.3 is 5.97 Å². The molecule has 0 spiro atoms. The molecule has 1 aliphatic heterocycles. The van der Waals surface area contributed by atoms with Gasteiger partial charge in [-0.25, -0.2) is 0 Å². The second-order valence-electron chi connectivity index (χ2n) is 5.06. The molecule has 0 N–H and O–H groups in total. The van der Waals surface area contributed by atoms with Gasteiger partial charge in [-0.3, -0.25) is 4.79 Å². The van der Waals surface area contributed by atoms with E-state index in [1.807, 2.05) is 42.5 Å². The van der Waals surface area contributed by atoms with E-state index in [1.54, 1.807) is 14.0 Å². The molecule has 114 valence electrons. The second kappa shape index (κ2) is 6.10. The van der Waals surface area contributed by atoms with Gasteiger partial charge in [0.1, 0.15) is 17.6 Å². The lowest BCUT2D eigenvalue weighted by Crippen LogP contribution is -2.19. The Bertz CT molecular complexity index is 693. The first-order valence-electron chi connectivity index (χ1n) is 7.32. The average Bonchev–Trinajstić information content (AvgIpc) is 2.55. The van der Waals surface area contributed by atoms with Crippen LogP contribution in [0.25, 0.3) is 11.1 Å². The quantitative estimate of drug-likeness (QED) is 0.806. The van der Waals surface area contributed by atoms with Gasteiger partial charge in [-0.05, 0) is 30.7 Å². The van der Waals surface area contributed by atoms with Gasteiger partial charge in [0, 0.05) is 11.1 Å². The number of hydrogen-bond donors (Lipinski definition) is 0. The van der Waals surface area contributed by atoms with Crippen LogP contribution in [0.2, 0.25) is 0 Å². The largest absolute Gasteiger partial charge is 0.497 e. The van der Waals surface area contributed by atoms with E-state index in [9.17, 15) is 4.79 Å². The van der Waals surface area contributed by atoms with Crippen LogP contribution in [0.5, 0.6) is 11.5 Å². The molecule has 1 aliphatic rings. The van der Waals surface area contributed by atoms with E-state index in [4.69, 9.17) is 14.2 Å². The van der Waals surface area contributed by atoms with Gasteiger partial charge in [0.05, 0.1) is 20.1 Å². The van der Waals surface area contributed by atoms with Crippen molar-refractivity contribution in [1.29, 1.82) is 0 Å². The zero-order valence-corrected chi connectivity index (χ0v) is 12.7. The van der Waals surface area contributed by atoms with Crippen molar-refractivity contribution in [3.63, 3.8) is 0 Å². The van der Waals surface area contributed by atoms with Gasteiger partial charge in [0.15, 0.2) is 0 Å². The molecule has 1 unspecified atom stereocenters. The number of esters is 1. The monoisotopic (exact) mass is 298 g/mol. The highest BCUT2D eigenvalue weighted by Gasteiger charge is 2.28. The van der Waals surface area contributed by atoms with Crippen LogP contribution in [-0.4, -0.2) is 19.7 Å². The van der Waals surface area contributed by atoms with Crippen molar-refractivity contribution in [1.82, 2.24) is 0 Å². The Morgan fingerprint density at radius 2 is 2.00 bits per heavy atom. The van der Waals surface area contributed by atoms with Crippen LogP contribution in [0.3, 0.4) is 0 Å². The number of hydrogen-bond acceptors (Lipinski definition) is 4. The minimum Gasteiger partial charge on any atom is -0.497 e. The van der Waals surface area contributed by atoms with Crippen LogP contribution in [0, 0.1) is 0 Å². The molecule has 0 radical (unpaired) electrons. The lowest BCUT2D eigenvalue weighted by Gasteiger charge is -2.28. The first-order chi connectivity index (χ1) is 10.7. The fraction of sp³-hybridized carbons (Fsp3) is 0.278. The molecule has 22 heavy (non-hydrogen) atoms. The summed E-state index contributed by atoms with van der Waals surface area (Å²) in [4.78, 5) is 11.8. The topological polar surface area (TPSA) is 44.8 Å². The maximum absolute atomic E-state index is 11.8. The number of ether oxygens (including phenoxy) is 3. The fourth-order valence-corrected chi connectivity index (χ4v) is 2.71. The summed E-state index contributed by atoms with van der Waals surface area (Å²) >= 11 is 0. The van der Waals surface area contributed by atoms with Crippen molar-refractivity contribution in [3.8, 4) is 22.6 Å². The van der Waals surface area contributed by atoms with Crippen LogP contribution in [0.4, 0.5) is 0 Å². The normalized spacial score (nSPS) is 15.3. The number of methoxy groups -OCH3 is 1. The fourth-order valence-electron chi connectivity index (χ4n) is 2.71. The molecule has 1 heterocycles. The van der Waals surface area contributed by atoms with Crippen LogP contribution >= 0.6 is 0 Å². The average molecular weight is 298 g/mol. The van der Waals surface area contributed by atoms with E-state index in [0.29, 0.717) is 6.61 Å². The molecule has 0 bridgehead atoms. The van der Waals surface area contributed by atoms with Gasteiger partial charge in [0.2, 0.25) is 0 Å². The molecule has 0 fully saturated rings. The number of carbonyl (C=O) groups is 1. The summed E-state index contributed by atoms with van der Waals surface area (Å²) in [6.45, 7) is 2.18. The molecule has 0 amide bonds. The van der Waals surface area contributed by atoms with Crippen molar-refractivity contribution in [2.75, 3.05) is 13.7 Å². The number of benzene rings is 2. The van der Waals surface area contributed by atoms with E-state index >= 15 is 0 Å². The number of rotatable bonds is 4. The number of carbonyl (C=O) groups excluding carboxylic acids is 1. The van der Waals surface area contributed by atoms with Crippen molar-refractivity contribution < 1.29 is 19.0 Å². The summed E-state index contributed by atoms with van der Waals surface area (Å²) < 4.78 is 16.4. The third kappa shape index (κ3) is 2.64. The van der Waals surface area contributed by atoms with Crippen LogP contribution in [-0.2, 0) is 9.53 Å². The predicted molar refractivity (Wildman–Crippen MR) is 83.0 cm³/mol. The third-order valence-corrected chi connectivity index (χ3v) is 3.71. The maximum atomic E-state index is 11.8. The Labute approximate surface area is 129 Å². The van der Waals surface area contributed by atoms with E-state index < -0.39 is 0 Å². The van der Waals surface area contributed by atoms with Gasteiger partial charge in [-0.15, -0.1) is 0 Å². The standard InChI is InChI=1S/C18H18O4/c1-3-21-18(19)11-17-14-7-5-4-6-13(14)15-10-12(20-2)8-9-16(15)22-17/h4-10,17H,3,11H2,1-2H3. The summed E-state index contributed by atoms with van der Waals surface area (Å²) in [5, 5.41) is 0. The molecule has 1 atom stereocenters. The van der Waals surface area contributed by atoms with Crippen molar-refractivity contribution in [2.24, 2.45) is 0 Å². The molecule has 3 rings (SSSR count). The zero-order valence-electron chi connectivity index (χ0n) is 12.7. The Morgan fingerprint density at radius 3 is 2.77 bits per heavy atom. The second-order valence-corrected chi connectivity index (χ2v) is 5.06. The SMILES string of the molecule is CCOC(=O)CC1Oc2ccc(OC)cc2-c2ccccc21. The first kappa shape index (κ1) is 14.4. The molecule has 4 nitrogen and oxygen atoms in total. The molecule has 0 saturated heterocycles. The maximum Gasteiger partial charge on any atom is 0.309 e. The summed E-state index contributed by atoms with van der Waals surface area (Å²) in [6.07, 6.45) is -0.118. The molecule has 0 aromatic heterocycles. The highest BCUT2D eigenvalue weighted by Crippen LogP contribution is 2.44. The minimum atomic E-state index is -0.323. The molecule has 2 aromatic carbocycles. The predicted octanol–water partition coefficient (Wildman–Crippen LogP) is 3.75. The zero-order chi connectivity index (χ0) is 15.5. The Kier molecular flexibility index (Phi) is 4.00. The summed E-state index contributed by atoms with van der Waals surface area (Å²) in [5.41, 5.74) is 3.04. The third-order valence-electron chi connectivity index (χ3n) is 3.71. The summed E-state index contributed by atoms with van der Waals surface area (Å²) in [7, 11) is 1.64. The molecule has 0 saturated carbocycles. The lowest BCUT2D eigenvalue weighted by molar-refractivity contribution is -0.145. The van der Waals surface area contributed by atoms with E-state index in [-0.39, 0.29) is 18.5 Å². The highest BCUT2D eigenvalue weighted by atomic mass is 16.5. The van der Waals surface area contributed by atoms with Crippen molar-refractivity contribution >= 4 is 5.97 Å². The van der Waals surface area contributed by atoms with E-state index in [1.165, 1.54) is 0 Å². The van der Waals surface area contributed by atoms with Crippen LogP contribution in [0.1, 0.15) is 25.0 Å². The smallest absolute Gasteiger partial charge is 0.309 e. The highest BCUT2D eigenvalue weighted by molar-refractivity contribution is 5.78. The van der Waals surface area contributed by atoms with Crippen molar-refractivity contribution in [3.05, 3.63) is 48.0 Å². The van der Waals surface area contributed by atoms with Gasteiger partial charge < -0.3 is 14.2 Å². The van der Waals surface area contributed by atoms with Gasteiger partial charge in [-0.1, -0.05) is 24.3 Å². The molecular formula is C18H18O4. The molecule has 2 aromatic rings. The van der Waals surface area contributed by atoms with Gasteiger partial charge in [-0.2, -0.15) is 0 Å². The Morgan fingerprint density at radius 1 is 1.18 bits per heavy atom. The molecule has 4 heteroatoms. The number of fused-ring (bicyclic) bond motifs is 3. The minimum absolute atomic E-state index is 0.205. The Balaban J connectivity index is 2.00. The summed E-state index contributed by atoms with van der Waals surface area (Å²) in [5.74, 6) is 1.29. The van der Waals surface area contributed by atoms with E-state index in [2.05, 4.69) is 0 Å². The first-order valence-corrected chi connectivity index (χ1v) is 7.32. The lowest BCUT2D eigenvalue weighted by atomic mass is 9.91. The summed E-state index contributed by atoms with van der Waals surface area (Å²) in [6, 6.07) is 13.6. The van der Waals surface area contributed by atoms with E-state index in [0.717, 1.165) is 28.2 Å². The molecular weight excluding hydrogens is 280 g/mol. The molecule has 0 aliphatic carbocycles.